The number of aromatic amines is 1. The molecule has 1 aromatic rings. The van der Waals surface area contributed by atoms with Crippen LogP contribution in [-0.4, -0.2) is 44.4 Å². The molecule has 0 radical (unpaired) electrons. The van der Waals surface area contributed by atoms with E-state index < -0.39 is 0 Å². The molecule has 136 valence electrons. The van der Waals surface area contributed by atoms with Crippen LogP contribution in [0.15, 0.2) is 4.79 Å². The van der Waals surface area contributed by atoms with Crippen molar-refractivity contribution in [3.8, 4) is 0 Å². The molecule has 2 aliphatic carbocycles. The van der Waals surface area contributed by atoms with Gasteiger partial charge in [0.2, 0.25) is 5.91 Å². The molecule has 3 aliphatic rings. The van der Waals surface area contributed by atoms with Gasteiger partial charge >= 0.3 is 5.69 Å². The van der Waals surface area contributed by atoms with Crippen molar-refractivity contribution in [1.82, 2.24) is 19.7 Å². The molecule has 2 saturated carbocycles. The fraction of sp³-hybridized carbons (Fsp3) is 0.778. The van der Waals surface area contributed by atoms with E-state index in [2.05, 4.69) is 10.1 Å². The number of piperidine rings is 1. The zero-order valence-electron chi connectivity index (χ0n) is 14.6. The second-order valence-electron chi connectivity index (χ2n) is 7.76. The molecule has 0 aromatic carbocycles. The minimum Gasteiger partial charge on any atom is -0.342 e. The zero-order valence-corrected chi connectivity index (χ0v) is 14.6. The van der Waals surface area contributed by atoms with Gasteiger partial charge in [0.25, 0.3) is 0 Å². The smallest absolute Gasteiger partial charge is 0.342 e. The largest absolute Gasteiger partial charge is 0.343 e. The molecule has 3 fully saturated rings. The molecule has 4 rings (SSSR count). The number of rotatable bonds is 3. The van der Waals surface area contributed by atoms with Crippen LogP contribution in [0.4, 0.5) is 0 Å². The van der Waals surface area contributed by atoms with Gasteiger partial charge in [0.15, 0.2) is 0 Å². The summed E-state index contributed by atoms with van der Waals surface area (Å²) in [6.45, 7) is 1.35. The molecule has 0 bridgehead atoms. The highest BCUT2D eigenvalue weighted by atomic mass is 16.2. The number of H-pyrrole nitrogens is 1. The van der Waals surface area contributed by atoms with Crippen LogP contribution in [0, 0.1) is 5.92 Å². The number of likely N-dealkylation sites (tertiary alicyclic amines) is 1. The Hall–Kier alpha value is -1.92. The Morgan fingerprint density at radius 1 is 1.00 bits per heavy atom. The number of ketones is 1. The first-order valence-corrected chi connectivity index (χ1v) is 9.61. The van der Waals surface area contributed by atoms with Crippen molar-refractivity contribution >= 4 is 11.7 Å². The highest BCUT2D eigenvalue weighted by molar-refractivity contribution is 5.82. The van der Waals surface area contributed by atoms with Gasteiger partial charge < -0.3 is 4.90 Å². The van der Waals surface area contributed by atoms with Gasteiger partial charge in [0, 0.05) is 37.8 Å². The number of aromatic nitrogens is 3. The van der Waals surface area contributed by atoms with Crippen LogP contribution in [0.2, 0.25) is 0 Å². The summed E-state index contributed by atoms with van der Waals surface area (Å²) in [5.41, 5.74) is -0.117. The topological polar surface area (TPSA) is 88.1 Å². The Kier molecular flexibility index (Phi) is 4.48. The van der Waals surface area contributed by atoms with Crippen molar-refractivity contribution < 1.29 is 9.59 Å². The first kappa shape index (κ1) is 16.5. The maximum Gasteiger partial charge on any atom is 0.343 e. The van der Waals surface area contributed by atoms with Crippen molar-refractivity contribution in [3.05, 3.63) is 16.3 Å². The maximum atomic E-state index is 12.7. The standard InChI is InChI=1S/C18H26N4O3/c23-15-3-1-2-13(6-7-15)17(24)21-10-8-14(9-11-21)22-18(25)19-16(20-22)12-4-5-12/h12-14H,1-11H2,(H,19,20,25). The summed E-state index contributed by atoms with van der Waals surface area (Å²) in [6.07, 6.45) is 7.29. The van der Waals surface area contributed by atoms with Gasteiger partial charge in [-0.2, -0.15) is 5.10 Å². The van der Waals surface area contributed by atoms with Crippen LogP contribution in [0.25, 0.3) is 0 Å². The van der Waals surface area contributed by atoms with Crippen LogP contribution in [0.3, 0.4) is 0 Å². The quantitative estimate of drug-likeness (QED) is 0.845. The lowest BCUT2D eigenvalue weighted by molar-refractivity contribution is -0.137. The van der Waals surface area contributed by atoms with Crippen LogP contribution in [0.1, 0.15) is 75.6 Å². The Bertz CT molecular complexity index is 710. The van der Waals surface area contributed by atoms with E-state index in [1.54, 1.807) is 4.68 Å². The van der Waals surface area contributed by atoms with Gasteiger partial charge in [-0.15, -0.1) is 0 Å². The number of nitrogens with zero attached hydrogens (tertiary/aromatic N) is 3. The molecule has 1 amide bonds. The number of hydrogen-bond acceptors (Lipinski definition) is 4. The van der Waals surface area contributed by atoms with Crippen molar-refractivity contribution in [2.45, 2.75) is 69.7 Å². The average molecular weight is 346 g/mol. The minimum atomic E-state index is -0.117. The first-order valence-electron chi connectivity index (χ1n) is 9.61. The summed E-state index contributed by atoms with van der Waals surface area (Å²) in [5.74, 6) is 1.75. The third-order valence-electron chi connectivity index (χ3n) is 5.87. The van der Waals surface area contributed by atoms with Crippen LogP contribution >= 0.6 is 0 Å². The summed E-state index contributed by atoms with van der Waals surface area (Å²) in [5, 5.41) is 4.48. The first-order chi connectivity index (χ1) is 12.1. The lowest BCUT2D eigenvalue weighted by Gasteiger charge is -2.33. The van der Waals surface area contributed by atoms with E-state index in [0.29, 0.717) is 44.1 Å². The fourth-order valence-electron chi connectivity index (χ4n) is 4.13. The predicted molar refractivity (Wildman–Crippen MR) is 91.3 cm³/mol. The number of amides is 1. The Labute approximate surface area is 146 Å². The van der Waals surface area contributed by atoms with E-state index in [-0.39, 0.29) is 23.6 Å². The molecule has 1 N–H and O–H groups in total. The molecule has 1 aliphatic heterocycles. The number of hydrogen-bond donors (Lipinski definition) is 1. The number of Topliss-reactive ketones (excluding diaryl/α,β-unsaturated/α-hetero) is 1. The third kappa shape index (κ3) is 3.55. The Morgan fingerprint density at radius 3 is 2.48 bits per heavy atom. The van der Waals surface area contributed by atoms with Crippen LogP contribution < -0.4 is 5.69 Å². The van der Waals surface area contributed by atoms with E-state index in [1.807, 2.05) is 4.90 Å². The number of nitrogens with one attached hydrogen (secondary N) is 1. The van der Waals surface area contributed by atoms with Gasteiger partial charge in [-0.25, -0.2) is 9.48 Å². The summed E-state index contributed by atoms with van der Waals surface area (Å²) < 4.78 is 1.60. The predicted octanol–water partition coefficient (Wildman–Crippen LogP) is 1.76. The lowest BCUT2D eigenvalue weighted by atomic mass is 9.96. The third-order valence-corrected chi connectivity index (χ3v) is 5.87. The molecular formula is C18H26N4O3. The second-order valence-corrected chi connectivity index (χ2v) is 7.76. The molecule has 2 heterocycles. The van der Waals surface area contributed by atoms with Gasteiger partial charge in [-0.05, 0) is 44.9 Å². The van der Waals surface area contributed by atoms with E-state index >= 15 is 0 Å². The molecular weight excluding hydrogens is 320 g/mol. The van der Waals surface area contributed by atoms with E-state index in [1.165, 1.54) is 0 Å². The summed E-state index contributed by atoms with van der Waals surface area (Å²) in [4.78, 5) is 41.2. The second kappa shape index (κ2) is 6.77. The molecule has 7 nitrogen and oxygen atoms in total. The van der Waals surface area contributed by atoms with Crippen molar-refractivity contribution in [2.75, 3.05) is 13.1 Å². The SMILES string of the molecule is O=C1CCCC(C(=O)N2CCC(n3nc(C4CC4)[nH]c3=O)CC2)CC1. The van der Waals surface area contributed by atoms with E-state index in [4.69, 9.17) is 0 Å². The average Bonchev–Trinajstić information content (AvgIpc) is 3.42. The number of carbonyl (C=O) groups is 2. The Balaban J connectivity index is 1.35. The monoisotopic (exact) mass is 346 g/mol. The molecule has 25 heavy (non-hydrogen) atoms. The van der Waals surface area contributed by atoms with Crippen LogP contribution in [-0.2, 0) is 9.59 Å². The van der Waals surface area contributed by atoms with Crippen molar-refractivity contribution in [2.24, 2.45) is 5.92 Å². The van der Waals surface area contributed by atoms with E-state index in [0.717, 1.165) is 44.3 Å². The summed E-state index contributed by atoms with van der Waals surface area (Å²) >= 11 is 0. The summed E-state index contributed by atoms with van der Waals surface area (Å²) in [6, 6.07) is 0.0796. The molecule has 1 aromatic heterocycles. The molecule has 1 saturated heterocycles. The summed E-state index contributed by atoms with van der Waals surface area (Å²) in [7, 11) is 0. The lowest BCUT2D eigenvalue weighted by Crippen LogP contribution is -2.43. The normalized spacial score (nSPS) is 25.8. The number of carbonyl (C=O) groups excluding carboxylic acids is 2. The van der Waals surface area contributed by atoms with E-state index in [9.17, 15) is 14.4 Å². The van der Waals surface area contributed by atoms with Gasteiger partial charge in [-0.1, -0.05) is 0 Å². The van der Waals surface area contributed by atoms with Gasteiger partial charge in [0.05, 0.1) is 6.04 Å². The molecule has 1 atom stereocenters. The molecule has 0 spiro atoms. The fourth-order valence-corrected chi connectivity index (χ4v) is 4.13. The maximum absolute atomic E-state index is 12.7. The zero-order chi connectivity index (χ0) is 17.4. The molecule has 7 heteroatoms. The Morgan fingerprint density at radius 2 is 1.76 bits per heavy atom. The van der Waals surface area contributed by atoms with Gasteiger partial charge in [-0.3, -0.25) is 14.6 Å². The van der Waals surface area contributed by atoms with Crippen LogP contribution in [0.5, 0.6) is 0 Å². The van der Waals surface area contributed by atoms with Crippen molar-refractivity contribution in [3.63, 3.8) is 0 Å². The molecule has 1 unspecified atom stereocenters. The highest BCUT2D eigenvalue weighted by Crippen LogP contribution is 2.37. The van der Waals surface area contributed by atoms with Crippen molar-refractivity contribution in [1.29, 1.82) is 0 Å². The minimum absolute atomic E-state index is 0.00225. The highest BCUT2D eigenvalue weighted by Gasteiger charge is 2.32. The van der Waals surface area contributed by atoms with Gasteiger partial charge in [0.1, 0.15) is 11.6 Å².